The lowest BCUT2D eigenvalue weighted by molar-refractivity contribution is -0.0173. The number of aliphatic hydroxyl groups is 1. The van der Waals surface area contributed by atoms with Gasteiger partial charge in [-0.15, -0.1) is 0 Å². The summed E-state index contributed by atoms with van der Waals surface area (Å²) in [6.07, 6.45) is 0.565. The molecular formula is C11H20N2O2. The van der Waals surface area contributed by atoms with E-state index in [2.05, 4.69) is 5.10 Å². The van der Waals surface area contributed by atoms with Crippen molar-refractivity contribution in [2.45, 2.75) is 39.3 Å². The second-order valence-electron chi connectivity index (χ2n) is 4.20. The van der Waals surface area contributed by atoms with Gasteiger partial charge in [-0.25, -0.2) is 0 Å². The predicted molar refractivity (Wildman–Crippen MR) is 58.8 cm³/mol. The van der Waals surface area contributed by atoms with Crippen LogP contribution in [-0.2, 0) is 17.7 Å². The van der Waals surface area contributed by atoms with Crippen LogP contribution in [-0.4, -0.2) is 34.2 Å². The highest BCUT2D eigenvalue weighted by molar-refractivity contribution is 5.11. The summed E-state index contributed by atoms with van der Waals surface area (Å²) in [5, 5.41) is 14.4. The van der Waals surface area contributed by atoms with Gasteiger partial charge in [-0.05, 0) is 26.8 Å². The lowest BCUT2D eigenvalue weighted by Crippen LogP contribution is -2.33. The molecule has 0 fully saturated rings. The number of ether oxygens (including phenoxy) is 1. The standard InChI is InChI=1S/C11H20N2O2/c1-5-13-10(6-9(2)12-13)7-11(3,14)8-15-4/h6,14H,5,7-8H2,1-4H3. The Hall–Kier alpha value is -0.870. The van der Waals surface area contributed by atoms with Crippen molar-refractivity contribution >= 4 is 0 Å². The van der Waals surface area contributed by atoms with Crippen LogP contribution in [0.15, 0.2) is 6.07 Å². The van der Waals surface area contributed by atoms with Crippen LogP contribution in [0.2, 0.25) is 0 Å². The van der Waals surface area contributed by atoms with E-state index in [1.807, 2.05) is 24.6 Å². The minimum atomic E-state index is -0.825. The van der Waals surface area contributed by atoms with E-state index < -0.39 is 5.60 Å². The lowest BCUT2D eigenvalue weighted by atomic mass is 10.0. The number of aromatic nitrogens is 2. The van der Waals surface area contributed by atoms with Gasteiger partial charge in [-0.2, -0.15) is 5.10 Å². The molecule has 0 saturated carbocycles. The van der Waals surface area contributed by atoms with Crippen LogP contribution in [0.1, 0.15) is 25.2 Å². The molecule has 1 unspecified atom stereocenters. The third-order valence-corrected chi connectivity index (χ3v) is 2.30. The molecule has 0 aliphatic heterocycles. The van der Waals surface area contributed by atoms with Gasteiger partial charge in [-0.1, -0.05) is 0 Å². The van der Waals surface area contributed by atoms with Crippen molar-refractivity contribution < 1.29 is 9.84 Å². The maximum atomic E-state index is 10.0. The number of hydrogen-bond donors (Lipinski definition) is 1. The molecule has 1 aromatic heterocycles. The van der Waals surface area contributed by atoms with Crippen molar-refractivity contribution in [2.75, 3.05) is 13.7 Å². The van der Waals surface area contributed by atoms with Gasteiger partial charge < -0.3 is 9.84 Å². The van der Waals surface area contributed by atoms with Gasteiger partial charge in [0.15, 0.2) is 0 Å². The minimum absolute atomic E-state index is 0.334. The first-order valence-electron chi connectivity index (χ1n) is 5.23. The second kappa shape index (κ2) is 4.77. The van der Waals surface area contributed by atoms with Crippen LogP contribution < -0.4 is 0 Å². The summed E-state index contributed by atoms with van der Waals surface area (Å²) >= 11 is 0. The van der Waals surface area contributed by atoms with E-state index >= 15 is 0 Å². The monoisotopic (exact) mass is 212 g/mol. The summed E-state index contributed by atoms with van der Waals surface area (Å²) in [4.78, 5) is 0. The molecule has 0 saturated heterocycles. The molecule has 1 atom stereocenters. The van der Waals surface area contributed by atoms with E-state index in [-0.39, 0.29) is 0 Å². The van der Waals surface area contributed by atoms with Crippen LogP contribution >= 0.6 is 0 Å². The SMILES string of the molecule is CCn1nc(C)cc1CC(C)(O)COC. The summed E-state index contributed by atoms with van der Waals surface area (Å²) in [6.45, 7) is 6.94. The van der Waals surface area contributed by atoms with Gasteiger partial charge in [0.05, 0.1) is 17.9 Å². The van der Waals surface area contributed by atoms with Gasteiger partial charge in [0.25, 0.3) is 0 Å². The van der Waals surface area contributed by atoms with Gasteiger partial charge in [-0.3, -0.25) is 4.68 Å². The van der Waals surface area contributed by atoms with Gasteiger partial charge >= 0.3 is 0 Å². The van der Waals surface area contributed by atoms with E-state index in [4.69, 9.17) is 4.74 Å². The normalized spacial score (nSPS) is 15.3. The van der Waals surface area contributed by atoms with Crippen molar-refractivity contribution in [3.8, 4) is 0 Å². The fourth-order valence-electron chi connectivity index (χ4n) is 1.77. The number of methoxy groups -OCH3 is 1. The first kappa shape index (κ1) is 12.2. The second-order valence-corrected chi connectivity index (χ2v) is 4.20. The number of aryl methyl sites for hydroxylation is 2. The molecule has 15 heavy (non-hydrogen) atoms. The molecule has 4 heteroatoms. The molecule has 1 N–H and O–H groups in total. The molecule has 0 amide bonds. The molecule has 1 heterocycles. The fraction of sp³-hybridized carbons (Fsp3) is 0.727. The summed E-state index contributed by atoms with van der Waals surface area (Å²) in [5.41, 5.74) is 1.21. The molecule has 0 aliphatic carbocycles. The molecule has 0 radical (unpaired) electrons. The first-order valence-corrected chi connectivity index (χ1v) is 5.23. The third-order valence-electron chi connectivity index (χ3n) is 2.30. The van der Waals surface area contributed by atoms with Gasteiger partial charge in [0.1, 0.15) is 0 Å². The zero-order valence-electron chi connectivity index (χ0n) is 9.95. The quantitative estimate of drug-likeness (QED) is 0.796. The Labute approximate surface area is 90.9 Å². The predicted octanol–water partition coefficient (Wildman–Crippen LogP) is 1.15. The molecule has 0 aliphatic rings. The zero-order valence-corrected chi connectivity index (χ0v) is 9.95. The minimum Gasteiger partial charge on any atom is -0.387 e. The zero-order chi connectivity index (χ0) is 11.5. The summed E-state index contributed by atoms with van der Waals surface area (Å²) < 4.78 is 6.90. The Balaban J connectivity index is 2.78. The Kier molecular flexibility index (Phi) is 3.88. The van der Waals surface area contributed by atoms with Crippen molar-refractivity contribution in [1.82, 2.24) is 9.78 Å². The van der Waals surface area contributed by atoms with E-state index in [0.29, 0.717) is 13.0 Å². The summed E-state index contributed by atoms with van der Waals surface area (Å²) in [6, 6.07) is 2.01. The van der Waals surface area contributed by atoms with E-state index in [0.717, 1.165) is 17.9 Å². The average Bonchev–Trinajstić information content (AvgIpc) is 2.44. The maximum absolute atomic E-state index is 10.0. The maximum Gasteiger partial charge on any atom is 0.0907 e. The summed E-state index contributed by atoms with van der Waals surface area (Å²) in [5.74, 6) is 0. The van der Waals surface area contributed by atoms with Crippen LogP contribution in [0.3, 0.4) is 0 Å². The largest absolute Gasteiger partial charge is 0.387 e. The lowest BCUT2D eigenvalue weighted by Gasteiger charge is -2.22. The van der Waals surface area contributed by atoms with Crippen molar-refractivity contribution in [3.63, 3.8) is 0 Å². The van der Waals surface area contributed by atoms with E-state index in [1.165, 1.54) is 0 Å². The Bertz CT molecular complexity index is 318. The first-order chi connectivity index (χ1) is 6.98. The highest BCUT2D eigenvalue weighted by Gasteiger charge is 2.22. The van der Waals surface area contributed by atoms with Gasteiger partial charge in [0, 0.05) is 25.8 Å². The number of rotatable bonds is 5. The van der Waals surface area contributed by atoms with Crippen LogP contribution in [0.4, 0.5) is 0 Å². The van der Waals surface area contributed by atoms with E-state index in [9.17, 15) is 5.11 Å². The average molecular weight is 212 g/mol. The molecule has 1 aromatic rings. The molecule has 1 rings (SSSR count). The summed E-state index contributed by atoms with van der Waals surface area (Å²) in [7, 11) is 1.59. The van der Waals surface area contributed by atoms with Crippen LogP contribution in [0.5, 0.6) is 0 Å². The highest BCUT2D eigenvalue weighted by atomic mass is 16.5. The Morgan fingerprint density at radius 2 is 2.27 bits per heavy atom. The number of nitrogens with zero attached hydrogens (tertiary/aromatic N) is 2. The van der Waals surface area contributed by atoms with Crippen LogP contribution in [0, 0.1) is 6.92 Å². The molecular weight excluding hydrogens is 192 g/mol. The molecule has 0 bridgehead atoms. The molecule has 4 nitrogen and oxygen atoms in total. The van der Waals surface area contributed by atoms with Crippen molar-refractivity contribution in [1.29, 1.82) is 0 Å². The van der Waals surface area contributed by atoms with Crippen molar-refractivity contribution in [3.05, 3.63) is 17.5 Å². The fourth-order valence-corrected chi connectivity index (χ4v) is 1.77. The van der Waals surface area contributed by atoms with Crippen LogP contribution in [0.25, 0.3) is 0 Å². The number of hydrogen-bond acceptors (Lipinski definition) is 3. The molecule has 0 spiro atoms. The molecule has 86 valence electrons. The third kappa shape index (κ3) is 3.32. The Morgan fingerprint density at radius 1 is 1.60 bits per heavy atom. The Morgan fingerprint density at radius 3 is 2.80 bits per heavy atom. The molecule has 0 aromatic carbocycles. The van der Waals surface area contributed by atoms with Crippen molar-refractivity contribution in [2.24, 2.45) is 0 Å². The van der Waals surface area contributed by atoms with Gasteiger partial charge in [0.2, 0.25) is 0 Å². The highest BCUT2D eigenvalue weighted by Crippen LogP contribution is 2.14. The topological polar surface area (TPSA) is 47.3 Å². The van der Waals surface area contributed by atoms with E-state index in [1.54, 1.807) is 14.0 Å². The smallest absolute Gasteiger partial charge is 0.0907 e.